The SMILES string of the molecule is O=C(O)NNC(=S)c1ccc(F)nc1. The lowest BCUT2D eigenvalue weighted by Crippen LogP contribution is -2.40. The molecule has 14 heavy (non-hydrogen) atoms. The van der Waals surface area contributed by atoms with E-state index in [1.165, 1.54) is 12.3 Å². The van der Waals surface area contributed by atoms with Gasteiger partial charge in [0.05, 0.1) is 0 Å². The zero-order valence-corrected chi connectivity index (χ0v) is 7.64. The molecule has 0 radical (unpaired) electrons. The lowest BCUT2D eigenvalue weighted by Gasteiger charge is -2.05. The second-order valence-electron chi connectivity index (χ2n) is 2.25. The molecule has 1 aromatic heterocycles. The topological polar surface area (TPSA) is 74.2 Å². The van der Waals surface area contributed by atoms with Crippen molar-refractivity contribution in [3.63, 3.8) is 0 Å². The number of aromatic nitrogens is 1. The molecule has 0 saturated carbocycles. The van der Waals surface area contributed by atoms with Gasteiger partial charge in [-0.1, -0.05) is 12.2 Å². The summed E-state index contributed by atoms with van der Waals surface area (Å²) in [5.41, 5.74) is 4.53. The van der Waals surface area contributed by atoms with Crippen LogP contribution >= 0.6 is 12.2 Å². The van der Waals surface area contributed by atoms with E-state index in [9.17, 15) is 9.18 Å². The van der Waals surface area contributed by atoms with Crippen LogP contribution in [0, 0.1) is 5.95 Å². The summed E-state index contributed by atoms with van der Waals surface area (Å²) in [6, 6.07) is 2.52. The van der Waals surface area contributed by atoms with Crippen molar-refractivity contribution in [2.45, 2.75) is 0 Å². The van der Waals surface area contributed by atoms with Crippen molar-refractivity contribution in [2.75, 3.05) is 0 Å². The minimum Gasteiger partial charge on any atom is -0.464 e. The van der Waals surface area contributed by atoms with Gasteiger partial charge in [-0.2, -0.15) is 4.39 Å². The normalized spacial score (nSPS) is 9.21. The Kier molecular flexibility index (Phi) is 3.29. The van der Waals surface area contributed by atoms with E-state index in [0.717, 1.165) is 6.07 Å². The van der Waals surface area contributed by atoms with E-state index in [0.29, 0.717) is 5.56 Å². The Bertz CT molecular complexity index is 354. The van der Waals surface area contributed by atoms with Crippen molar-refractivity contribution in [3.8, 4) is 0 Å². The lowest BCUT2D eigenvalue weighted by molar-refractivity contribution is 0.192. The minimum absolute atomic E-state index is 0.125. The molecular formula is C7H6FN3O2S. The number of hydrogen-bond acceptors (Lipinski definition) is 3. The van der Waals surface area contributed by atoms with Gasteiger partial charge in [0.2, 0.25) is 5.95 Å². The third-order valence-electron chi connectivity index (χ3n) is 1.27. The number of thiocarbonyl (C=S) groups is 1. The molecule has 0 aliphatic rings. The zero-order chi connectivity index (χ0) is 10.6. The third kappa shape index (κ3) is 2.94. The van der Waals surface area contributed by atoms with Crippen LogP contribution < -0.4 is 10.9 Å². The van der Waals surface area contributed by atoms with Crippen LogP contribution in [-0.2, 0) is 0 Å². The van der Waals surface area contributed by atoms with Crippen LogP contribution in [-0.4, -0.2) is 21.2 Å². The lowest BCUT2D eigenvalue weighted by atomic mass is 10.3. The fourth-order valence-corrected chi connectivity index (χ4v) is 0.864. The van der Waals surface area contributed by atoms with Crippen molar-refractivity contribution in [3.05, 3.63) is 29.8 Å². The first-order chi connectivity index (χ1) is 6.59. The second kappa shape index (κ2) is 4.47. The van der Waals surface area contributed by atoms with Crippen LogP contribution in [0.15, 0.2) is 18.3 Å². The molecule has 1 aromatic rings. The van der Waals surface area contributed by atoms with Gasteiger partial charge in [-0.25, -0.2) is 15.2 Å². The van der Waals surface area contributed by atoms with Gasteiger partial charge in [-0.15, -0.1) is 0 Å². The predicted molar refractivity (Wildman–Crippen MR) is 50.2 cm³/mol. The van der Waals surface area contributed by atoms with Crippen LogP contribution in [0.5, 0.6) is 0 Å². The van der Waals surface area contributed by atoms with Gasteiger partial charge in [0.25, 0.3) is 0 Å². The summed E-state index contributed by atoms with van der Waals surface area (Å²) in [4.78, 5) is 13.6. The minimum atomic E-state index is -1.26. The number of nitrogens with zero attached hydrogens (tertiary/aromatic N) is 1. The number of amides is 1. The van der Waals surface area contributed by atoms with Crippen LogP contribution in [0.3, 0.4) is 0 Å². The fourth-order valence-electron chi connectivity index (χ4n) is 0.693. The smallest absolute Gasteiger partial charge is 0.423 e. The number of hydrogen-bond donors (Lipinski definition) is 3. The highest BCUT2D eigenvalue weighted by Crippen LogP contribution is 1.98. The van der Waals surface area contributed by atoms with E-state index in [2.05, 4.69) is 10.4 Å². The molecule has 0 atom stereocenters. The molecule has 0 bridgehead atoms. The van der Waals surface area contributed by atoms with Crippen LogP contribution in [0.25, 0.3) is 0 Å². The summed E-state index contributed by atoms with van der Waals surface area (Å²) in [5.74, 6) is -0.622. The highest BCUT2D eigenvalue weighted by molar-refractivity contribution is 7.80. The van der Waals surface area contributed by atoms with Gasteiger partial charge >= 0.3 is 6.09 Å². The maximum Gasteiger partial charge on any atom is 0.423 e. The Hall–Kier alpha value is -1.76. The summed E-state index contributed by atoms with van der Waals surface area (Å²) < 4.78 is 12.4. The Labute approximate surface area is 83.9 Å². The summed E-state index contributed by atoms with van der Waals surface area (Å²) >= 11 is 4.78. The van der Waals surface area contributed by atoms with Crippen molar-refractivity contribution < 1.29 is 14.3 Å². The first-order valence-corrected chi connectivity index (χ1v) is 3.91. The zero-order valence-electron chi connectivity index (χ0n) is 6.82. The maximum absolute atomic E-state index is 12.4. The predicted octanol–water partition coefficient (Wildman–Crippen LogP) is 0.668. The Morgan fingerprint density at radius 2 is 2.21 bits per heavy atom. The van der Waals surface area contributed by atoms with Gasteiger partial charge in [0.15, 0.2) is 0 Å². The van der Waals surface area contributed by atoms with Crippen molar-refractivity contribution >= 4 is 23.3 Å². The molecule has 0 aliphatic heterocycles. The number of nitrogens with one attached hydrogen (secondary N) is 2. The van der Waals surface area contributed by atoms with E-state index in [-0.39, 0.29) is 4.99 Å². The second-order valence-corrected chi connectivity index (χ2v) is 2.66. The van der Waals surface area contributed by atoms with Gasteiger partial charge in [0, 0.05) is 11.8 Å². The standard InChI is InChI=1S/C7H6FN3O2S/c8-5-2-1-4(3-9-5)6(14)10-11-7(12)13/h1-3,11H,(H,10,14)(H,12,13). The average molecular weight is 215 g/mol. The molecule has 0 fully saturated rings. The molecule has 0 aromatic carbocycles. The first-order valence-electron chi connectivity index (χ1n) is 3.50. The molecule has 0 aliphatic carbocycles. The molecular weight excluding hydrogens is 209 g/mol. The molecule has 5 nitrogen and oxygen atoms in total. The van der Waals surface area contributed by atoms with Crippen molar-refractivity contribution in [1.29, 1.82) is 0 Å². The molecule has 0 saturated heterocycles. The van der Waals surface area contributed by atoms with Crippen LogP contribution in [0.4, 0.5) is 9.18 Å². The molecule has 7 heteroatoms. The maximum atomic E-state index is 12.4. The number of hydrazine groups is 1. The number of pyridine rings is 1. The van der Waals surface area contributed by atoms with Crippen LogP contribution in [0.1, 0.15) is 5.56 Å². The molecule has 3 N–H and O–H groups in total. The number of rotatable bonds is 1. The summed E-state index contributed by atoms with van der Waals surface area (Å²) in [6.07, 6.45) is -0.0591. The van der Waals surface area contributed by atoms with Crippen molar-refractivity contribution in [2.24, 2.45) is 0 Å². The molecule has 74 valence electrons. The average Bonchev–Trinajstić information content (AvgIpc) is 2.15. The van der Waals surface area contributed by atoms with E-state index in [1.807, 2.05) is 5.43 Å². The highest BCUT2D eigenvalue weighted by Gasteiger charge is 2.02. The van der Waals surface area contributed by atoms with Gasteiger partial charge in [-0.3, -0.25) is 5.43 Å². The molecule has 1 rings (SSSR count). The molecule has 1 amide bonds. The quantitative estimate of drug-likeness (QED) is 0.365. The van der Waals surface area contributed by atoms with E-state index >= 15 is 0 Å². The van der Waals surface area contributed by atoms with Crippen LogP contribution in [0.2, 0.25) is 0 Å². The largest absolute Gasteiger partial charge is 0.464 e. The summed E-state index contributed by atoms with van der Waals surface area (Å²) in [5, 5.41) is 8.24. The van der Waals surface area contributed by atoms with Crippen molar-refractivity contribution in [1.82, 2.24) is 15.8 Å². The molecule has 1 heterocycles. The molecule has 0 spiro atoms. The number of halogens is 1. The van der Waals surface area contributed by atoms with Gasteiger partial charge < -0.3 is 5.11 Å². The number of carboxylic acid groups (broad SMARTS) is 1. The Morgan fingerprint density at radius 3 is 2.71 bits per heavy atom. The van der Waals surface area contributed by atoms with E-state index in [4.69, 9.17) is 17.3 Å². The first kappa shape index (κ1) is 10.3. The third-order valence-corrected chi connectivity index (χ3v) is 1.61. The summed E-state index contributed by atoms with van der Waals surface area (Å²) in [7, 11) is 0. The Morgan fingerprint density at radius 1 is 1.50 bits per heavy atom. The fraction of sp³-hybridized carbons (Fsp3) is 0. The number of carbonyl (C=O) groups is 1. The summed E-state index contributed by atoms with van der Waals surface area (Å²) in [6.45, 7) is 0. The van der Waals surface area contributed by atoms with Gasteiger partial charge in [-0.05, 0) is 12.1 Å². The highest BCUT2D eigenvalue weighted by atomic mass is 32.1. The van der Waals surface area contributed by atoms with E-state index in [1.54, 1.807) is 0 Å². The Balaban J connectivity index is 2.61. The van der Waals surface area contributed by atoms with Gasteiger partial charge in [0.1, 0.15) is 4.99 Å². The monoisotopic (exact) mass is 215 g/mol. The molecule has 0 unspecified atom stereocenters. The van der Waals surface area contributed by atoms with E-state index < -0.39 is 12.0 Å².